The molecular formula is C14H17N3O3S. The lowest BCUT2D eigenvalue weighted by Crippen LogP contribution is -2.41. The van der Waals surface area contributed by atoms with Gasteiger partial charge in [0.15, 0.2) is 5.76 Å². The van der Waals surface area contributed by atoms with Crippen LogP contribution in [0.1, 0.15) is 12.8 Å². The van der Waals surface area contributed by atoms with Gasteiger partial charge in [-0.15, -0.1) is 0 Å². The van der Waals surface area contributed by atoms with Crippen molar-refractivity contribution in [3.63, 3.8) is 0 Å². The summed E-state index contributed by atoms with van der Waals surface area (Å²) in [6, 6.07) is 8.12. The third-order valence-corrected chi connectivity index (χ3v) is 5.18. The van der Waals surface area contributed by atoms with E-state index in [4.69, 9.17) is 10.3 Å². The van der Waals surface area contributed by atoms with Crippen LogP contribution in [-0.4, -0.2) is 26.2 Å². The Bertz CT molecular complexity index is 709. The van der Waals surface area contributed by atoms with Crippen LogP contribution < -0.4 is 10.5 Å². The minimum Gasteiger partial charge on any atom is -0.356 e. The average molecular weight is 307 g/mol. The summed E-state index contributed by atoms with van der Waals surface area (Å²) in [4.78, 5) is 0.181. The Morgan fingerprint density at radius 2 is 2.10 bits per heavy atom. The molecule has 1 aromatic heterocycles. The predicted molar refractivity (Wildman–Crippen MR) is 77.8 cm³/mol. The van der Waals surface area contributed by atoms with Crippen LogP contribution in [0.5, 0.6) is 0 Å². The molecule has 3 rings (SSSR count). The molecule has 112 valence electrons. The number of rotatable bonds is 6. The maximum Gasteiger partial charge on any atom is 0.241 e. The zero-order chi connectivity index (χ0) is 14.9. The molecule has 1 saturated carbocycles. The molecule has 1 aromatic carbocycles. The van der Waals surface area contributed by atoms with Gasteiger partial charge in [0.2, 0.25) is 10.0 Å². The lowest BCUT2D eigenvalue weighted by Gasteiger charge is -2.17. The van der Waals surface area contributed by atoms with Gasteiger partial charge < -0.3 is 10.3 Å². The van der Waals surface area contributed by atoms with E-state index in [0.717, 1.165) is 12.8 Å². The van der Waals surface area contributed by atoms with Crippen molar-refractivity contribution in [2.24, 2.45) is 11.7 Å². The molecule has 0 amide bonds. The van der Waals surface area contributed by atoms with Crippen molar-refractivity contribution in [1.29, 1.82) is 0 Å². The van der Waals surface area contributed by atoms with Crippen molar-refractivity contribution in [3.8, 4) is 11.3 Å². The van der Waals surface area contributed by atoms with E-state index in [1.54, 1.807) is 30.3 Å². The van der Waals surface area contributed by atoms with Crippen LogP contribution in [-0.2, 0) is 10.0 Å². The summed E-state index contributed by atoms with van der Waals surface area (Å²) in [6.45, 7) is 0.300. The zero-order valence-corrected chi connectivity index (χ0v) is 12.2. The second-order valence-electron chi connectivity index (χ2n) is 5.17. The molecule has 0 aliphatic heterocycles. The normalized spacial score (nSPS) is 16.8. The molecule has 7 heteroatoms. The Hall–Kier alpha value is -1.70. The number of aromatic nitrogens is 1. The fourth-order valence-electron chi connectivity index (χ4n) is 2.36. The molecule has 3 N–H and O–H groups in total. The highest BCUT2D eigenvalue weighted by atomic mass is 32.2. The quantitative estimate of drug-likeness (QED) is 0.839. The Labute approximate surface area is 123 Å². The summed E-state index contributed by atoms with van der Waals surface area (Å²) in [6.07, 6.45) is 3.53. The Morgan fingerprint density at radius 3 is 2.71 bits per heavy atom. The third kappa shape index (κ3) is 2.99. The van der Waals surface area contributed by atoms with Crippen LogP contribution >= 0.6 is 0 Å². The first-order chi connectivity index (χ1) is 10.1. The topological polar surface area (TPSA) is 98.2 Å². The minimum absolute atomic E-state index is 0.181. The van der Waals surface area contributed by atoms with Gasteiger partial charge in [-0.2, -0.15) is 0 Å². The van der Waals surface area contributed by atoms with Crippen LogP contribution in [0.15, 0.2) is 45.9 Å². The standard InChI is InChI=1S/C14H17N3O3S/c15-9-12(10-5-6-10)17-21(18,19)14-4-2-1-3-11(14)13-7-8-16-20-13/h1-4,7-8,10,12,17H,5-6,9,15H2. The Balaban J connectivity index is 1.95. The summed E-state index contributed by atoms with van der Waals surface area (Å²) in [5.74, 6) is 0.772. The lowest BCUT2D eigenvalue weighted by molar-refractivity contribution is 0.431. The molecule has 1 atom stereocenters. The predicted octanol–water partition coefficient (Wildman–Crippen LogP) is 1.36. The van der Waals surface area contributed by atoms with Gasteiger partial charge in [0.05, 0.1) is 11.1 Å². The number of nitrogens with zero attached hydrogens (tertiary/aromatic N) is 1. The van der Waals surface area contributed by atoms with Crippen molar-refractivity contribution in [1.82, 2.24) is 9.88 Å². The van der Waals surface area contributed by atoms with Gasteiger partial charge in [-0.25, -0.2) is 13.1 Å². The highest BCUT2D eigenvalue weighted by molar-refractivity contribution is 7.89. The van der Waals surface area contributed by atoms with Crippen molar-refractivity contribution in [2.45, 2.75) is 23.8 Å². The van der Waals surface area contributed by atoms with Crippen LogP contribution in [0.3, 0.4) is 0 Å². The number of sulfonamides is 1. The van der Waals surface area contributed by atoms with E-state index in [2.05, 4.69) is 9.88 Å². The van der Waals surface area contributed by atoms with Gasteiger partial charge in [-0.3, -0.25) is 0 Å². The molecule has 0 radical (unpaired) electrons. The van der Waals surface area contributed by atoms with Crippen molar-refractivity contribution < 1.29 is 12.9 Å². The number of hydrogen-bond acceptors (Lipinski definition) is 5. The third-order valence-electron chi connectivity index (χ3n) is 3.63. The fraction of sp³-hybridized carbons (Fsp3) is 0.357. The Morgan fingerprint density at radius 1 is 1.33 bits per heavy atom. The molecule has 1 aliphatic rings. The average Bonchev–Trinajstić information content (AvgIpc) is 3.19. The molecule has 0 saturated heterocycles. The molecule has 1 unspecified atom stereocenters. The molecule has 1 fully saturated rings. The smallest absolute Gasteiger partial charge is 0.241 e. The van der Waals surface area contributed by atoms with E-state index in [0.29, 0.717) is 23.8 Å². The van der Waals surface area contributed by atoms with Crippen molar-refractivity contribution in [2.75, 3.05) is 6.54 Å². The molecule has 6 nitrogen and oxygen atoms in total. The largest absolute Gasteiger partial charge is 0.356 e. The van der Waals surface area contributed by atoms with Crippen molar-refractivity contribution in [3.05, 3.63) is 36.5 Å². The summed E-state index contributed by atoms with van der Waals surface area (Å²) >= 11 is 0. The summed E-state index contributed by atoms with van der Waals surface area (Å²) in [5, 5.41) is 3.63. The monoisotopic (exact) mass is 307 g/mol. The fourth-order valence-corrected chi connectivity index (χ4v) is 3.89. The number of nitrogens with one attached hydrogen (secondary N) is 1. The second kappa shape index (κ2) is 5.59. The van der Waals surface area contributed by atoms with E-state index < -0.39 is 10.0 Å². The number of hydrogen-bond donors (Lipinski definition) is 2. The summed E-state index contributed by atoms with van der Waals surface area (Å²) in [5.41, 5.74) is 6.17. The molecule has 1 aliphatic carbocycles. The first kappa shape index (κ1) is 14.2. The minimum atomic E-state index is -3.65. The van der Waals surface area contributed by atoms with E-state index >= 15 is 0 Å². The van der Waals surface area contributed by atoms with Gasteiger partial charge >= 0.3 is 0 Å². The van der Waals surface area contributed by atoms with Gasteiger partial charge in [0, 0.05) is 24.2 Å². The SMILES string of the molecule is NCC(NS(=O)(=O)c1ccccc1-c1ccno1)C1CC1. The molecule has 0 spiro atoms. The molecule has 2 aromatic rings. The lowest BCUT2D eigenvalue weighted by atomic mass is 10.2. The van der Waals surface area contributed by atoms with Crippen LogP contribution in [0.2, 0.25) is 0 Å². The van der Waals surface area contributed by atoms with Gasteiger partial charge in [0.1, 0.15) is 0 Å². The van der Waals surface area contributed by atoms with Gasteiger partial charge in [-0.05, 0) is 30.9 Å². The maximum atomic E-state index is 12.6. The van der Waals surface area contributed by atoms with Gasteiger partial charge in [-0.1, -0.05) is 17.3 Å². The van der Waals surface area contributed by atoms with E-state index in [9.17, 15) is 8.42 Å². The summed E-state index contributed by atoms with van der Waals surface area (Å²) < 4.78 is 33.0. The highest BCUT2D eigenvalue weighted by Gasteiger charge is 2.34. The second-order valence-corrected chi connectivity index (χ2v) is 6.86. The van der Waals surface area contributed by atoms with E-state index in [1.165, 1.54) is 6.20 Å². The number of nitrogens with two attached hydrogens (primary N) is 1. The van der Waals surface area contributed by atoms with Crippen LogP contribution in [0, 0.1) is 5.92 Å². The molecule has 21 heavy (non-hydrogen) atoms. The first-order valence-electron chi connectivity index (χ1n) is 6.84. The Kier molecular flexibility index (Phi) is 3.79. The zero-order valence-electron chi connectivity index (χ0n) is 11.4. The summed E-state index contributed by atoms with van der Waals surface area (Å²) in [7, 11) is -3.65. The highest BCUT2D eigenvalue weighted by Crippen LogP contribution is 2.34. The first-order valence-corrected chi connectivity index (χ1v) is 8.32. The van der Waals surface area contributed by atoms with Crippen molar-refractivity contribution >= 4 is 10.0 Å². The molecular weight excluding hydrogens is 290 g/mol. The van der Waals surface area contributed by atoms with Crippen LogP contribution in [0.4, 0.5) is 0 Å². The molecule has 1 heterocycles. The van der Waals surface area contributed by atoms with Gasteiger partial charge in [0.25, 0.3) is 0 Å². The van der Waals surface area contributed by atoms with Crippen LogP contribution in [0.25, 0.3) is 11.3 Å². The maximum absolute atomic E-state index is 12.6. The van der Waals surface area contributed by atoms with E-state index in [-0.39, 0.29) is 10.9 Å². The number of benzene rings is 1. The van der Waals surface area contributed by atoms with E-state index in [1.807, 2.05) is 0 Å². The molecule has 0 bridgehead atoms.